The van der Waals surface area contributed by atoms with Gasteiger partial charge in [0.25, 0.3) is 0 Å². The molecule has 4 nitrogen and oxygen atoms in total. The van der Waals surface area contributed by atoms with Gasteiger partial charge in [0.15, 0.2) is 5.96 Å². The van der Waals surface area contributed by atoms with Crippen molar-refractivity contribution < 1.29 is 0 Å². The van der Waals surface area contributed by atoms with Crippen molar-refractivity contribution in [2.75, 3.05) is 39.3 Å². The Bertz CT molecular complexity index is 520. The summed E-state index contributed by atoms with van der Waals surface area (Å²) >= 11 is 12.0. The Kier molecular flexibility index (Phi) is 9.06. The molecule has 22 heavy (non-hydrogen) atoms. The molecule has 8 heteroatoms. The van der Waals surface area contributed by atoms with Crippen LogP contribution in [0, 0.1) is 0 Å². The first-order chi connectivity index (χ1) is 9.72. The molecule has 0 saturated carbocycles. The third-order valence-electron chi connectivity index (χ3n) is 3.72. The second-order valence-electron chi connectivity index (χ2n) is 5.14. The monoisotopic (exact) mass is 568 g/mol. The Morgan fingerprint density at radius 2 is 1.77 bits per heavy atom. The van der Waals surface area contributed by atoms with Gasteiger partial charge in [0.1, 0.15) is 0 Å². The molecule has 3 rings (SSSR count). The summed E-state index contributed by atoms with van der Waals surface area (Å²) < 4.78 is 0. The maximum atomic E-state index is 6.06. The van der Waals surface area contributed by atoms with Crippen molar-refractivity contribution in [3.05, 3.63) is 33.8 Å². The van der Waals surface area contributed by atoms with E-state index in [1.165, 1.54) is 5.56 Å². The fourth-order valence-electron chi connectivity index (χ4n) is 2.61. The molecule has 0 atom stereocenters. The van der Waals surface area contributed by atoms with Gasteiger partial charge in [0.2, 0.25) is 0 Å². The van der Waals surface area contributed by atoms with E-state index >= 15 is 0 Å². The lowest BCUT2D eigenvalue weighted by Gasteiger charge is -2.35. The van der Waals surface area contributed by atoms with Crippen LogP contribution >= 0.6 is 71.2 Å². The average Bonchev–Trinajstić information content (AvgIpc) is 2.98. The van der Waals surface area contributed by atoms with E-state index in [1.54, 1.807) is 0 Å². The predicted molar refractivity (Wildman–Crippen MR) is 114 cm³/mol. The Hall–Kier alpha value is 0.490. The van der Waals surface area contributed by atoms with Crippen LogP contribution in [-0.2, 0) is 6.54 Å². The largest absolute Gasteiger partial charge is 0.354 e. The topological polar surface area (TPSA) is 30.9 Å². The molecule has 1 fully saturated rings. The summed E-state index contributed by atoms with van der Waals surface area (Å²) in [5.74, 6) is 1.07. The van der Waals surface area contributed by atoms with Gasteiger partial charge in [-0.1, -0.05) is 29.3 Å². The summed E-state index contributed by atoms with van der Waals surface area (Å²) in [7, 11) is 0. The summed E-state index contributed by atoms with van der Waals surface area (Å²) in [5.41, 5.74) is 1.21. The van der Waals surface area contributed by atoms with Gasteiger partial charge in [-0.25, -0.2) is 0 Å². The molecule has 1 N–H and O–H groups in total. The highest BCUT2D eigenvalue weighted by molar-refractivity contribution is 14.0. The van der Waals surface area contributed by atoms with Gasteiger partial charge in [-0.05, 0) is 17.7 Å². The number of guanidine groups is 1. The Morgan fingerprint density at radius 3 is 2.36 bits per heavy atom. The van der Waals surface area contributed by atoms with Crippen molar-refractivity contribution in [1.82, 2.24) is 15.1 Å². The van der Waals surface area contributed by atoms with Gasteiger partial charge in [-0.15, -0.1) is 48.0 Å². The van der Waals surface area contributed by atoms with Crippen LogP contribution in [0.25, 0.3) is 0 Å². The molecule has 0 unspecified atom stereocenters. The van der Waals surface area contributed by atoms with Crippen molar-refractivity contribution in [2.24, 2.45) is 4.99 Å². The zero-order chi connectivity index (χ0) is 13.9. The van der Waals surface area contributed by atoms with Crippen LogP contribution in [0.2, 0.25) is 10.0 Å². The first-order valence-corrected chi connectivity index (χ1v) is 7.67. The zero-order valence-corrected chi connectivity index (χ0v) is 18.3. The van der Waals surface area contributed by atoms with E-state index < -0.39 is 0 Å². The van der Waals surface area contributed by atoms with Gasteiger partial charge in [-0.3, -0.25) is 9.89 Å². The zero-order valence-electron chi connectivity index (χ0n) is 12.1. The summed E-state index contributed by atoms with van der Waals surface area (Å²) in [6, 6.07) is 5.87. The second-order valence-corrected chi connectivity index (χ2v) is 5.96. The van der Waals surface area contributed by atoms with Gasteiger partial charge in [0.05, 0.1) is 16.6 Å². The van der Waals surface area contributed by atoms with Crippen LogP contribution in [0.3, 0.4) is 0 Å². The minimum absolute atomic E-state index is 0. The molecule has 2 aliphatic rings. The summed E-state index contributed by atoms with van der Waals surface area (Å²) in [6.45, 7) is 6.92. The number of rotatable bonds is 2. The number of piperazine rings is 1. The first kappa shape index (κ1) is 20.5. The molecular weight excluding hydrogens is 549 g/mol. The van der Waals surface area contributed by atoms with Crippen molar-refractivity contribution >= 4 is 77.1 Å². The maximum Gasteiger partial charge on any atom is 0.194 e. The van der Waals surface area contributed by atoms with Crippen LogP contribution in [-0.4, -0.2) is 55.0 Å². The number of hydrogen-bond acceptors (Lipinski definition) is 4. The summed E-state index contributed by atoms with van der Waals surface area (Å²) in [5, 5.41) is 4.58. The molecule has 1 saturated heterocycles. The standard InChI is InChI=1S/C14H18Cl2N4.2HI/c15-12-2-1-11(9-13(12)16)10-19-5-7-20(8-6-19)14-17-3-4-18-14;;/h1-2,9H,3-8,10H2,(H,17,18);2*1H. The first-order valence-electron chi connectivity index (χ1n) is 6.92. The fraction of sp³-hybridized carbons (Fsp3) is 0.500. The molecule has 0 spiro atoms. The SMILES string of the molecule is Clc1ccc(CN2CCN(C3=NCCN3)CC2)cc1Cl.I.I. The Labute approximate surface area is 175 Å². The van der Waals surface area contributed by atoms with E-state index in [0.717, 1.165) is 51.8 Å². The lowest BCUT2D eigenvalue weighted by atomic mass is 10.2. The molecule has 2 aliphatic heterocycles. The van der Waals surface area contributed by atoms with Crippen molar-refractivity contribution in [3.63, 3.8) is 0 Å². The predicted octanol–water partition coefficient (Wildman–Crippen LogP) is 3.31. The van der Waals surface area contributed by atoms with Gasteiger partial charge < -0.3 is 10.2 Å². The number of hydrogen-bond donors (Lipinski definition) is 1. The van der Waals surface area contributed by atoms with Crippen molar-refractivity contribution in [1.29, 1.82) is 0 Å². The quantitative estimate of drug-likeness (QED) is 0.556. The lowest BCUT2D eigenvalue weighted by Crippen LogP contribution is -2.51. The summed E-state index contributed by atoms with van der Waals surface area (Å²) in [4.78, 5) is 9.24. The van der Waals surface area contributed by atoms with Crippen molar-refractivity contribution in [3.8, 4) is 0 Å². The molecule has 124 valence electrons. The molecular formula is C14H20Cl2I2N4. The fourth-order valence-corrected chi connectivity index (χ4v) is 2.93. The van der Waals surface area contributed by atoms with Crippen LogP contribution in [0.5, 0.6) is 0 Å². The van der Waals surface area contributed by atoms with E-state index in [1.807, 2.05) is 18.2 Å². The van der Waals surface area contributed by atoms with Crippen molar-refractivity contribution in [2.45, 2.75) is 6.54 Å². The van der Waals surface area contributed by atoms with E-state index in [2.05, 4.69) is 20.1 Å². The third-order valence-corrected chi connectivity index (χ3v) is 4.46. The third kappa shape index (κ3) is 5.25. The highest BCUT2D eigenvalue weighted by Gasteiger charge is 2.21. The molecule has 0 amide bonds. The van der Waals surface area contributed by atoms with E-state index in [4.69, 9.17) is 23.2 Å². The molecule has 0 radical (unpaired) electrons. The van der Waals surface area contributed by atoms with Crippen LogP contribution in [0.4, 0.5) is 0 Å². The van der Waals surface area contributed by atoms with E-state index in [-0.39, 0.29) is 48.0 Å². The van der Waals surface area contributed by atoms with E-state index in [9.17, 15) is 0 Å². The molecule has 0 aliphatic carbocycles. The highest BCUT2D eigenvalue weighted by atomic mass is 127. The Balaban J connectivity index is 0.00000121. The van der Waals surface area contributed by atoms with Gasteiger partial charge in [-0.2, -0.15) is 0 Å². The smallest absolute Gasteiger partial charge is 0.194 e. The maximum absolute atomic E-state index is 6.06. The second kappa shape index (κ2) is 9.71. The number of halogens is 4. The summed E-state index contributed by atoms with van der Waals surface area (Å²) in [6.07, 6.45) is 0. The molecule has 2 heterocycles. The van der Waals surface area contributed by atoms with Crippen LogP contribution in [0.1, 0.15) is 5.56 Å². The number of benzene rings is 1. The highest BCUT2D eigenvalue weighted by Crippen LogP contribution is 2.23. The van der Waals surface area contributed by atoms with Crippen LogP contribution < -0.4 is 5.32 Å². The van der Waals surface area contributed by atoms with Gasteiger partial charge in [0, 0.05) is 39.3 Å². The molecule has 0 aromatic heterocycles. The molecule has 1 aromatic rings. The van der Waals surface area contributed by atoms with Crippen LogP contribution in [0.15, 0.2) is 23.2 Å². The Morgan fingerprint density at radius 1 is 1.05 bits per heavy atom. The minimum atomic E-state index is 0. The molecule has 0 bridgehead atoms. The number of nitrogens with zero attached hydrogens (tertiary/aromatic N) is 3. The van der Waals surface area contributed by atoms with E-state index in [0.29, 0.717) is 10.0 Å². The molecule has 1 aromatic carbocycles. The average molecular weight is 569 g/mol. The number of aliphatic imine (C=N–C) groups is 1. The lowest BCUT2D eigenvalue weighted by molar-refractivity contribution is 0.173. The van der Waals surface area contributed by atoms with Gasteiger partial charge >= 0.3 is 0 Å². The normalized spacial score (nSPS) is 18.1. The minimum Gasteiger partial charge on any atom is -0.354 e. The number of nitrogens with one attached hydrogen (secondary N) is 1.